The first-order valence-corrected chi connectivity index (χ1v) is 6.26. The van der Waals surface area contributed by atoms with E-state index in [9.17, 15) is 13.6 Å². The SMILES string of the molecule is CC(C)(C)OC(=O)N1C2=C=CC1c1cc(F)c(F)cc12. The summed E-state index contributed by atoms with van der Waals surface area (Å²) >= 11 is 0. The second-order valence-corrected chi connectivity index (χ2v) is 5.81. The van der Waals surface area contributed by atoms with Crippen LogP contribution >= 0.6 is 0 Å². The molecule has 1 aromatic carbocycles. The van der Waals surface area contributed by atoms with Crippen LogP contribution < -0.4 is 0 Å². The Balaban J connectivity index is 1.98. The van der Waals surface area contributed by atoms with Crippen molar-refractivity contribution in [2.75, 3.05) is 0 Å². The smallest absolute Gasteiger partial charge is 0.416 e. The Bertz CT molecular complexity index is 682. The maximum Gasteiger partial charge on any atom is 0.416 e. The molecule has 1 amide bonds. The predicted molar refractivity (Wildman–Crippen MR) is 68.7 cm³/mol. The minimum Gasteiger partial charge on any atom is -0.443 e. The van der Waals surface area contributed by atoms with Crippen molar-refractivity contribution < 1.29 is 18.3 Å². The van der Waals surface area contributed by atoms with Gasteiger partial charge < -0.3 is 4.74 Å². The van der Waals surface area contributed by atoms with Crippen molar-refractivity contribution in [1.29, 1.82) is 0 Å². The van der Waals surface area contributed by atoms with Crippen LogP contribution in [0.3, 0.4) is 0 Å². The average Bonchev–Trinajstić information content (AvgIpc) is 2.84. The molecule has 0 aromatic heterocycles. The van der Waals surface area contributed by atoms with Crippen LogP contribution in [0.5, 0.6) is 0 Å². The van der Waals surface area contributed by atoms with Gasteiger partial charge in [-0.2, -0.15) is 0 Å². The van der Waals surface area contributed by atoms with Crippen LogP contribution in [0.15, 0.2) is 23.9 Å². The van der Waals surface area contributed by atoms with E-state index in [-0.39, 0.29) is 0 Å². The van der Waals surface area contributed by atoms with Crippen molar-refractivity contribution in [2.24, 2.45) is 0 Å². The molecule has 2 aliphatic rings. The van der Waals surface area contributed by atoms with Crippen LogP contribution in [0, 0.1) is 11.6 Å². The van der Waals surface area contributed by atoms with E-state index >= 15 is 0 Å². The lowest BCUT2D eigenvalue weighted by Gasteiger charge is -2.25. The molecule has 0 radical (unpaired) electrons. The molecule has 5 heteroatoms. The second kappa shape index (κ2) is 3.93. The Kier molecular flexibility index (Phi) is 2.53. The van der Waals surface area contributed by atoms with E-state index in [1.54, 1.807) is 26.8 Å². The van der Waals surface area contributed by atoms with Gasteiger partial charge in [0.1, 0.15) is 5.60 Å². The van der Waals surface area contributed by atoms with Gasteiger partial charge in [-0.15, -0.1) is 0 Å². The highest BCUT2D eigenvalue weighted by molar-refractivity contribution is 5.89. The van der Waals surface area contributed by atoms with Gasteiger partial charge in [-0.25, -0.2) is 13.6 Å². The van der Waals surface area contributed by atoms with Gasteiger partial charge in [-0.3, -0.25) is 4.90 Å². The molecule has 20 heavy (non-hydrogen) atoms. The number of fused-ring (bicyclic) bond motifs is 5. The summed E-state index contributed by atoms with van der Waals surface area (Å²) in [4.78, 5) is 13.6. The Morgan fingerprint density at radius 1 is 1.30 bits per heavy atom. The van der Waals surface area contributed by atoms with Crippen LogP contribution in [0.25, 0.3) is 5.70 Å². The zero-order valence-corrected chi connectivity index (χ0v) is 11.3. The summed E-state index contributed by atoms with van der Waals surface area (Å²) in [6, 6.07) is 1.75. The van der Waals surface area contributed by atoms with Crippen LogP contribution in [0.1, 0.15) is 37.9 Å². The number of amides is 1. The lowest BCUT2D eigenvalue weighted by molar-refractivity contribution is 0.0334. The predicted octanol–water partition coefficient (Wildman–Crippen LogP) is 3.77. The van der Waals surface area contributed by atoms with Crippen LogP contribution in [-0.2, 0) is 4.74 Å². The van der Waals surface area contributed by atoms with Crippen molar-refractivity contribution in [1.82, 2.24) is 4.90 Å². The molecule has 0 saturated heterocycles. The van der Waals surface area contributed by atoms with Crippen molar-refractivity contribution >= 4 is 11.8 Å². The fraction of sp³-hybridized carbons (Fsp3) is 0.333. The first-order valence-electron chi connectivity index (χ1n) is 6.26. The minimum atomic E-state index is -0.935. The Hall–Kier alpha value is -2.13. The number of hydrogen-bond acceptors (Lipinski definition) is 2. The molecular weight excluding hydrogens is 264 g/mol. The summed E-state index contributed by atoms with van der Waals surface area (Å²) < 4.78 is 32.0. The molecular formula is C15H13F2NO2. The summed E-state index contributed by atoms with van der Waals surface area (Å²) in [5.74, 6) is -1.86. The van der Waals surface area contributed by atoms with E-state index in [0.717, 1.165) is 12.1 Å². The van der Waals surface area contributed by atoms with Crippen LogP contribution in [-0.4, -0.2) is 16.6 Å². The molecule has 0 saturated carbocycles. The standard InChI is InChI=1S/C15H13F2NO2/c1-15(2,3)20-14(19)18-12-4-5-13(18)9-7-11(17)10(16)6-8(9)12/h4,6-7,12H,1-3H3. The fourth-order valence-corrected chi connectivity index (χ4v) is 2.41. The first-order chi connectivity index (χ1) is 9.28. The number of carbonyl (C=O) groups is 1. The average molecular weight is 277 g/mol. The Morgan fingerprint density at radius 3 is 2.60 bits per heavy atom. The third-order valence-corrected chi connectivity index (χ3v) is 3.15. The van der Waals surface area contributed by atoms with Gasteiger partial charge in [0.25, 0.3) is 0 Å². The third-order valence-electron chi connectivity index (χ3n) is 3.15. The normalized spacial score (nSPS) is 19.1. The van der Waals surface area contributed by atoms with Crippen molar-refractivity contribution in [3.8, 4) is 0 Å². The number of hydrogen-bond donors (Lipinski definition) is 0. The van der Waals surface area contributed by atoms with Gasteiger partial charge in [-0.1, -0.05) is 5.73 Å². The molecule has 3 rings (SSSR count). The van der Waals surface area contributed by atoms with Gasteiger partial charge in [0, 0.05) is 5.56 Å². The number of nitrogens with zero attached hydrogens (tertiary/aromatic N) is 1. The third kappa shape index (κ3) is 1.82. The molecule has 0 N–H and O–H groups in total. The molecule has 2 heterocycles. The van der Waals surface area contributed by atoms with E-state index < -0.39 is 29.4 Å². The number of carbonyl (C=O) groups excluding carboxylic acids is 1. The summed E-state index contributed by atoms with van der Waals surface area (Å²) in [6.45, 7) is 5.28. The summed E-state index contributed by atoms with van der Waals surface area (Å²) in [7, 11) is 0. The molecule has 0 spiro atoms. The van der Waals surface area contributed by atoms with E-state index in [4.69, 9.17) is 4.74 Å². The Morgan fingerprint density at radius 2 is 1.95 bits per heavy atom. The summed E-state index contributed by atoms with van der Waals surface area (Å²) in [6.07, 6.45) is 1.11. The highest BCUT2D eigenvalue weighted by Gasteiger charge is 2.42. The van der Waals surface area contributed by atoms with Crippen molar-refractivity contribution in [3.63, 3.8) is 0 Å². The molecule has 1 aromatic rings. The van der Waals surface area contributed by atoms with E-state index in [0.29, 0.717) is 16.8 Å². The molecule has 104 valence electrons. The summed E-state index contributed by atoms with van der Waals surface area (Å²) in [5.41, 5.74) is 3.74. The minimum absolute atomic E-state index is 0.429. The lowest BCUT2D eigenvalue weighted by atomic mass is 10.0. The number of ether oxygens (including phenoxy) is 1. The molecule has 1 unspecified atom stereocenters. The largest absolute Gasteiger partial charge is 0.443 e. The second-order valence-electron chi connectivity index (χ2n) is 5.81. The number of rotatable bonds is 0. The molecule has 2 aliphatic heterocycles. The van der Waals surface area contributed by atoms with E-state index in [1.807, 2.05) is 0 Å². The van der Waals surface area contributed by atoms with Gasteiger partial charge in [-0.05, 0) is 44.5 Å². The molecule has 3 nitrogen and oxygen atoms in total. The molecule has 0 aliphatic carbocycles. The molecule has 1 atom stereocenters. The Labute approximate surface area is 115 Å². The first kappa shape index (κ1) is 12.9. The fourth-order valence-electron chi connectivity index (χ4n) is 2.41. The van der Waals surface area contributed by atoms with Crippen molar-refractivity contribution in [2.45, 2.75) is 32.4 Å². The van der Waals surface area contributed by atoms with Crippen LogP contribution in [0.4, 0.5) is 13.6 Å². The van der Waals surface area contributed by atoms with Crippen molar-refractivity contribution in [3.05, 3.63) is 46.7 Å². The highest BCUT2D eigenvalue weighted by Crippen LogP contribution is 2.46. The monoisotopic (exact) mass is 277 g/mol. The van der Waals surface area contributed by atoms with Gasteiger partial charge >= 0.3 is 6.09 Å². The maximum atomic E-state index is 13.3. The summed E-state index contributed by atoms with van der Waals surface area (Å²) in [5, 5.41) is 0. The molecule has 0 fully saturated rings. The number of benzene rings is 1. The van der Waals surface area contributed by atoms with Gasteiger partial charge in [0.15, 0.2) is 11.6 Å². The van der Waals surface area contributed by atoms with Crippen LogP contribution in [0.2, 0.25) is 0 Å². The number of halogens is 2. The zero-order valence-electron chi connectivity index (χ0n) is 11.3. The quantitative estimate of drug-likeness (QED) is 0.676. The van der Waals surface area contributed by atoms with E-state index in [2.05, 4.69) is 5.73 Å². The lowest BCUT2D eigenvalue weighted by Crippen LogP contribution is -2.33. The highest BCUT2D eigenvalue weighted by atomic mass is 19.2. The van der Waals surface area contributed by atoms with Gasteiger partial charge in [0.2, 0.25) is 0 Å². The topological polar surface area (TPSA) is 29.5 Å². The van der Waals surface area contributed by atoms with Gasteiger partial charge in [0.05, 0.1) is 11.7 Å². The molecule has 2 bridgehead atoms. The maximum absolute atomic E-state index is 13.3. The zero-order chi connectivity index (χ0) is 14.7. The van der Waals surface area contributed by atoms with E-state index in [1.165, 1.54) is 4.90 Å².